The third-order valence-electron chi connectivity index (χ3n) is 9.02. The van der Waals surface area contributed by atoms with Crippen molar-refractivity contribution in [1.82, 2.24) is 9.80 Å². The van der Waals surface area contributed by atoms with Crippen LogP contribution in [-0.2, 0) is 9.59 Å². The van der Waals surface area contributed by atoms with Gasteiger partial charge in [-0.05, 0) is 67.2 Å². The molecule has 8 heteroatoms. The van der Waals surface area contributed by atoms with Gasteiger partial charge in [0.15, 0.2) is 0 Å². The Balaban J connectivity index is 1.53. The molecule has 1 saturated carbocycles. The molecular formula is C34H45F3N2O3. The predicted molar refractivity (Wildman–Crippen MR) is 158 cm³/mol. The fraction of sp³-hybridized carbons (Fsp3) is 0.588. The van der Waals surface area contributed by atoms with Crippen LogP contribution in [0.5, 0.6) is 5.75 Å². The van der Waals surface area contributed by atoms with Crippen molar-refractivity contribution in [3.8, 4) is 5.75 Å². The van der Waals surface area contributed by atoms with Crippen molar-refractivity contribution in [2.75, 3.05) is 19.6 Å². The van der Waals surface area contributed by atoms with E-state index in [2.05, 4.69) is 35.3 Å². The predicted octanol–water partition coefficient (Wildman–Crippen LogP) is 7.80. The molecular weight excluding hydrogens is 541 g/mol. The lowest BCUT2D eigenvalue weighted by atomic mass is 9.81. The topological polar surface area (TPSA) is 49.9 Å². The second-order valence-corrected chi connectivity index (χ2v) is 13.1. The van der Waals surface area contributed by atoms with Gasteiger partial charge < -0.3 is 9.64 Å². The number of carbonyl (C=O) groups is 2. The number of rotatable bonds is 7. The van der Waals surface area contributed by atoms with Gasteiger partial charge in [-0.25, -0.2) is 0 Å². The zero-order chi connectivity index (χ0) is 30.5. The molecule has 0 bridgehead atoms. The smallest absolute Gasteiger partial charge is 0.406 e. The van der Waals surface area contributed by atoms with Gasteiger partial charge >= 0.3 is 6.36 Å². The third kappa shape index (κ3) is 8.59. The van der Waals surface area contributed by atoms with E-state index in [1.165, 1.54) is 12.1 Å². The molecule has 0 radical (unpaired) electrons. The number of ether oxygens (including phenoxy) is 1. The molecule has 0 N–H and O–H groups in total. The molecule has 0 spiro atoms. The van der Waals surface area contributed by atoms with Crippen molar-refractivity contribution in [2.45, 2.75) is 91.1 Å². The van der Waals surface area contributed by atoms with Crippen LogP contribution in [0.2, 0.25) is 0 Å². The first-order valence-electron chi connectivity index (χ1n) is 15.3. The van der Waals surface area contributed by atoms with Crippen molar-refractivity contribution >= 4 is 11.7 Å². The molecule has 4 rings (SSSR count). The summed E-state index contributed by atoms with van der Waals surface area (Å²) in [7, 11) is 0. The van der Waals surface area contributed by atoms with E-state index in [4.69, 9.17) is 0 Å². The number of nitrogens with zero attached hydrogens (tertiary/aromatic N) is 2. The lowest BCUT2D eigenvalue weighted by Crippen LogP contribution is -2.60. The SMILES string of the molecule is CC(=O)C1CCCCC(CC(=O)N2CCN(C(c3ccccc3)c3ccc(OC(F)(F)F)cc3)C[C@@H]2C(C)(C)C)CC1. The molecule has 1 aliphatic carbocycles. The van der Waals surface area contributed by atoms with Gasteiger partial charge in [0, 0.05) is 38.0 Å². The van der Waals surface area contributed by atoms with Crippen molar-refractivity contribution in [1.29, 1.82) is 0 Å². The molecule has 42 heavy (non-hydrogen) atoms. The van der Waals surface area contributed by atoms with E-state index >= 15 is 0 Å². The minimum atomic E-state index is -4.74. The highest BCUT2D eigenvalue weighted by Crippen LogP contribution is 2.37. The summed E-state index contributed by atoms with van der Waals surface area (Å²) in [6, 6.07) is 15.9. The van der Waals surface area contributed by atoms with E-state index in [1.807, 2.05) is 30.3 Å². The van der Waals surface area contributed by atoms with Gasteiger partial charge in [-0.2, -0.15) is 0 Å². The van der Waals surface area contributed by atoms with Gasteiger partial charge in [0.1, 0.15) is 11.5 Å². The summed E-state index contributed by atoms with van der Waals surface area (Å²) < 4.78 is 42.4. The Bertz CT molecular complexity index is 1180. The first-order chi connectivity index (χ1) is 19.8. The fourth-order valence-corrected chi connectivity index (χ4v) is 6.70. The van der Waals surface area contributed by atoms with E-state index < -0.39 is 6.36 Å². The van der Waals surface area contributed by atoms with Crippen LogP contribution in [0.3, 0.4) is 0 Å². The second-order valence-electron chi connectivity index (χ2n) is 13.1. The van der Waals surface area contributed by atoms with E-state index in [9.17, 15) is 22.8 Å². The van der Waals surface area contributed by atoms with Gasteiger partial charge in [0.25, 0.3) is 0 Å². The van der Waals surface area contributed by atoms with Crippen LogP contribution in [-0.4, -0.2) is 53.5 Å². The zero-order valence-corrected chi connectivity index (χ0v) is 25.3. The summed E-state index contributed by atoms with van der Waals surface area (Å²) >= 11 is 0. The van der Waals surface area contributed by atoms with Gasteiger partial charge in [0.05, 0.1) is 6.04 Å². The van der Waals surface area contributed by atoms with Crippen LogP contribution in [0, 0.1) is 17.3 Å². The molecule has 1 saturated heterocycles. The number of benzene rings is 2. The van der Waals surface area contributed by atoms with Crippen LogP contribution < -0.4 is 4.74 Å². The van der Waals surface area contributed by atoms with Crippen LogP contribution in [0.25, 0.3) is 0 Å². The number of alkyl halides is 3. The number of piperazine rings is 1. The maximum Gasteiger partial charge on any atom is 0.573 e. The Hall–Kier alpha value is -2.87. The van der Waals surface area contributed by atoms with Gasteiger partial charge in [-0.3, -0.25) is 14.5 Å². The average Bonchev–Trinajstić information content (AvgIpc) is 2.90. The monoisotopic (exact) mass is 586 g/mol. The summed E-state index contributed by atoms with van der Waals surface area (Å²) in [5, 5.41) is 0. The van der Waals surface area contributed by atoms with Crippen molar-refractivity contribution in [3.63, 3.8) is 0 Å². The number of hydrogen-bond acceptors (Lipinski definition) is 4. The van der Waals surface area contributed by atoms with Crippen LogP contribution in [0.4, 0.5) is 13.2 Å². The number of carbonyl (C=O) groups excluding carboxylic acids is 2. The number of halogens is 3. The molecule has 5 nitrogen and oxygen atoms in total. The number of hydrogen-bond donors (Lipinski definition) is 0. The zero-order valence-electron chi connectivity index (χ0n) is 25.3. The Morgan fingerprint density at radius 2 is 1.52 bits per heavy atom. The maximum absolute atomic E-state index is 13.8. The molecule has 2 aliphatic rings. The normalized spacial score (nSPS) is 23.5. The van der Waals surface area contributed by atoms with Crippen LogP contribution in [0.1, 0.15) is 89.8 Å². The Morgan fingerprint density at radius 1 is 0.881 bits per heavy atom. The van der Waals surface area contributed by atoms with E-state index in [1.54, 1.807) is 19.1 Å². The highest BCUT2D eigenvalue weighted by molar-refractivity contribution is 5.78. The summed E-state index contributed by atoms with van der Waals surface area (Å²) in [5.74, 6) is 0.626. The summed E-state index contributed by atoms with van der Waals surface area (Å²) in [6.45, 7) is 10.1. The fourth-order valence-electron chi connectivity index (χ4n) is 6.70. The number of Topliss-reactive ketones (excluding diaryl/α,β-unsaturated/α-hetero) is 1. The standard InChI is InChI=1S/C34H45F3N2O3/c1-24(40)26-11-9-8-10-25(14-15-26)22-31(41)39-21-20-38(23-30(39)33(2,3)4)32(27-12-6-5-7-13-27)28-16-18-29(19-17-28)42-34(35,36)37/h5-7,12-13,16-19,25-26,30,32H,8-11,14-15,20-23H2,1-4H3/t25?,26?,30-,32?/m1/s1. The molecule has 1 amide bonds. The summed E-state index contributed by atoms with van der Waals surface area (Å²) in [5.41, 5.74) is 1.74. The Kier molecular flexibility index (Phi) is 10.4. The summed E-state index contributed by atoms with van der Waals surface area (Å²) in [4.78, 5) is 30.3. The highest BCUT2D eigenvalue weighted by atomic mass is 19.4. The van der Waals surface area contributed by atoms with E-state index in [-0.39, 0.29) is 40.9 Å². The lowest BCUT2D eigenvalue weighted by Gasteiger charge is -2.49. The summed E-state index contributed by atoms with van der Waals surface area (Å²) in [6.07, 6.45) is 1.65. The minimum Gasteiger partial charge on any atom is -0.406 e. The van der Waals surface area contributed by atoms with Gasteiger partial charge in [0.2, 0.25) is 5.91 Å². The molecule has 4 atom stereocenters. The second kappa shape index (κ2) is 13.6. The average molecular weight is 587 g/mol. The van der Waals surface area contributed by atoms with Gasteiger partial charge in [-0.1, -0.05) is 76.1 Å². The molecule has 2 aromatic rings. The largest absolute Gasteiger partial charge is 0.573 e. The van der Waals surface area contributed by atoms with Gasteiger partial charge in [-0.15, -0.1) is 13.2 Å². The Morgan fingerprint density at radius 3 is 2.14 bits per heavy atom. The lowest BCUT2D eigenvalue weighted by molar-refractivity contribution is -0.274. The number of amides is 1. The first-order valence-corrected chi connectivity index (χ1v) is 15.3. The quantitative estimate of drug-likeness (QED) is 0.332. The Labute approximate surface area is 248 Å². The molecule has 2 fully saturated rings. The minimum absolute atomic E-state index is 0.0312. The molecule has 1 aliphatic heterocycles. The molecule has 3 unspecified atom stereocenters. The molecule has 2 aromatic carbocycles. The maximum atomic E-state index is 13.8. The highest BCUT2D eigenvalue weighted by Gasteiger charge is 2.41. The molecule has 0 aromatic heterocycles. The van der Waals surface area contributed by atoms with Crippen molar-refractivity contribution < 1.29 is 27.5 Å². The van der Waals surface area contributed by atoms with Crippen LogP contribution >= 0.6 is 0 Å². The molecule has 1 heterocycles. The first kappa shape index (κ1) is 32.1. The number of ketones is 1. The van der Waals surface area contributed by atoms with Crippen LogP contribution in [0.15, 0.2) is 54.6 Å². The van der Waals surface area contributed by atoms with E-state index in [0.29, 0.717) is 32.0 Å². The van der Waals surface area contributed by atoms with Crippen molar-refractivity contribution in [3.05, 3.63) is 65.7 Å². The van der Waals surface area contributed by atoms with Crippen molar-refractivity contribution in [2.24, 2.45) is 17.3 Å². The molecule has 230 valence electrons. The third-order valence-corrected chi connectivity index (χ3v) is 9.02. The van der Waals surface area contributed by atoms with E-state index in [0.717, 1.165) is 49.7 Å².